The molecule has 1 aliphatic heterocycles. The van der Waals surface area contributed by atoms with Gasteiger partial charge in [0.05, 0.1) is 0 Å². The Balaban J connectivity index is 1.80. The summed E-state index contributed by atoms with van der Waals surface area (Å²) in [7, 11) is 1.59. The van der Waals surface area contributed by atoms with Crippen molar-refractivity contribution in [3.05, 3.63) is 58.4 Å². The van der Waals surface area contributed by atoms with Gasteiger partial charge in [-0.3, -0.25) is 4.79 Å². The maximum atomic E-state index is 13.8. The Hall–Kier alpha value is -2.27. The Labute approximate surface area is 132 Å². The first-order valence-electron chi connectivity index (χ1n) is 6.64. The Kier molecular flexibility index (Phi) is 3.90. The highest BCUT2D eigenvalue weighted by atomic mass is 35.5. The van der Waals surface area contributed by atoms with Crippen molar-refractivity contribution >= 4 is 17.5 Å². The van der Waals surface area contributed by atoms with Crippen LogP contribution >= 0.6 is 11.6 Å². The number of carbonyl (C=O) groups is 1. The minimum absolute atomic E-state index is 0.0821. The van der Waals surface area contributed by atoms with E-state index in [-0.39, 0.29) is 19.2 Å². The summed E-state index contributed by atoms with van der Waals surface area (Å²) in [5, 5.41) is 0.297. The van der Waals surface area contributed by atoms with E-state index < -0.39 is 5.82 Å². The van der Waals surface area contributed by atoms with E-state index in [1.807, 2.05) is 0 Å². The highest BCUT2D eigenvalue weighted by Crippen LogP contribution is 2.33. The smallest absolute Gasteiger partial charge is 0.254 e. The molecule has 0 bridgehead atoms. The normalized spacial score (nSPS) is 12.3. The summed E-state index contributed by atoms with van der Waals surface area (Å²) in [4.78, 5) is 13.8. The van der Waals surface area contributed by atoms with Crippen molar-refractivity contribution < 1.29 is 18.7 Å². The molecule has 2 aromatic rings. The van der Waals surface area contributed by atoms with Crippen molar-refractivity contribution in [2.75, 3.05) is 13.8 Å². The van der Waals surface area contributed by atoms with Crippen LogP contribution in [0.25, 0.3) is 0 Å². The van der Waals surface area contributed by atoms with Crippen LogP contribution in [0.15, 0.2) is 36.4 Å². The van der Waals surface area contributed by atoms with Crippen molar-refractivity contribution in [3.63, 3.8) is 0 Å². The number of hydrogen-bond acceptors (Lipinski definition) is 3. The molecule has 1 heterocycles. The van der Waals surface area contributed by atoms with Gasteiger partial charge in [0, 0.05) is 29.7 Å². The monoisotopic (exact) mass is 321 g/mol. The third-order valence-electron chi connectivity index (χ3n) is 3.42. The van der Waals surface area contributed by atoms with Crippen molar-refractivity contribution in [2.24, 2.45) is 0 Å². The second kappa shape index (κ2) is 5.85. The predicted octanol–water partition coefficient (Wildman–Crippen LogP) is 3.48. The SMILES string of the molecule is CN(Cc1c(F)cccc1Cl)C(=O)c1ccc2c(c1)OCO2. The fourth-order valence-electron chi connectivity index (χ4n) is 2.24. The molecule has 0 spiro atoms. The minimum Gasteiger partial charge on any atom is -0.454 e. The third-order valence-corrected chi connectivity index (χ3v) is 3.78. The number of fused-ring (bicyclic) bond motifs is 1. The lowest BCUT2D eigenvalue weighted by Gasteiger charge is -2.18. The summed E-state index contributed by atoms with van der Waals surface area (Å²) in [5.74, 6) is 0.454. The van der Waals surface area contributed by atoms with E-state index in [2.05, 4.69) is 0 Å². The number of amides is 1. The highest BCUT2D eigenvalue weighted by Gasteiger charge is 2.19. The van der Waals surface area contributed by atoms with Crippen LogP contribution in [-0.4, -0.2) is 24.6 Å². The number of ether oxygens (including phenoxy) is 2. The highest BCUT2D eigenvalue weighted by molar-refractivity contribution is 6.31. The number of nitrogens with zero attached hydrogens (tertiary/aromatic N) is 1. The molecule has 0 saturated carbocycles. The summed E-state index contributed by atoms with van der Waals surface area (Å²) < 4.78 is 24.3. The molecule has 0 atom stereocenters. The van der Waals surface area contributed by atoms with Crippen LogP contribution in [0.1, 0.15) is 15.9 Å². The van der Waals surface area contributed by atoms with Gasteiger partial charge in [-0.15, -0.1) is 0 Å². The largest absolute Gasteiger partial charge is 0.454 e. The van der Waals surface area contributed by atoms with E-state index in [4.69, 9.17) is 21.1 Å². The molecule has 114 valence electrons. The van der Waals surface area contributed by atoms with Crippen LogP contribution in [-0.2, 0) is 6.54 Å². The molecular weight excluding hydrogens is 309 g/mol. The topological polar surface area (TPSA) is 38.8 Å². The summed E-state index contributed by atoms with van der Waals surface area (Å²) in [6.07, 6.45) is 0. The van der Waals surface area contributed by atoms with Gasteiger partial charge in [0.25, 0.3) is 5.91 Å². The number of carbonyl (C=O) groups excluding carboxylic acids is 1. The lowest BCUT2D eigenvalue weighted by Crippen LogP contribution is -2.26. The molecule has 3 rings (SSSR count). The zero-order valence-corrected chi connectivity index (χ0v) is 12.6. The first kappa shape index (κ1) is 14.7. The molecule has 1 aliphatic rings. The van der Waals surface area contributed by atoms with Crippen LogP contribution in [0.4, 0.5) is 4.39 Å². The van der Waals surface area contributed by atoms with E-state index in [0.29, 0.717) is 27.6 Å². The van der Waals surface area contributed by atoms with Crippen LogP contribution < -0.4 is 9.47 Å². The van der Waals surface area contributed by atoms with Crippen molar-refractivity contribution in [1.29, 1.82) is 0 Å². The average molecular weight is 322 g/mol. The third kappa shape index (κ3) is 2.72. The first-order chi connectivity index (χ1) is 10.6. The van der Waals surface area contributed by atoms with Gasteiger partial charge < -0.3 is 14.4 Å². The number of rotatable bonds is 3. The summed E-state index contributed by atoms with van der Waals surface area (Å²) >= 11 is 5.99. The van der Waals surface area contributed by atoms with Gasteiger partial charge in [-0.1, -0.05) is 17.7 Å². The van der Waals surface area contributed by atoms with Crippen molar-refractivity contribution in [1.82, 2.24) is 4.90 Å². The summed E-state index contributed by atoms with van der Waals surface area (Å²) in [6, 6.07) is 9.39. The quantitative estimate of drug-likeness (QED) is 0.868. The van der Waals surface area contributed by atoms with Gasteiger partial charge >= 0.3 is 0 Å². The minimum atomic E-state index is -0.433. The standard InChI is InChI=1S/C16H13ClFNO3/c1-19(8-11-12(17)3-2-4-13(11)18)16(20)10-5-6-14-15(7-10)22-9-21-14/h2-7H,8-9H2,1H3. The zero-order valence-electron chi connectivity index (χ0n) is 11.8. The molecule has 4 nitrogen and oxygen atoms in total. The summed E-state index contributed by atoms with van der Waals surface area (Å²) in [5.41, 5.74) is 0.736. The molecule has 0 radical (unpaired) electrons. The predicted molar refractivity (Wildman–Crippen MR) is 79.8 cm³/mol. The molecule has 1 amide bonds. The van der Waals surface area contributed by atoms with Crippen LogP contribution in [0.2, 0.25) is 5.02 Å². The average Bonchev–Trinajstić information content (AvgIpc) is 2.97. The molecule has 0 aromatic heterocycles. The van der Waals surface area contributed by atoms with E-state index in [1.54, 1.807) is 31.3 Å². The van der Waals surface area contributed by atoms with E-state index in [1.165, 1.54) is 17.0 Å². The van der Waals surface area contributed by atoms with Crippen LogP contribution in [0, 0.1) is 5.82 Å². The molecule has 0 aliphatic carbocycles. The van der Waals surface area contributed by atoms with Crippen molar-refractivity contribution in [2.45, 2.75) is 6.54 Å². The Morgan fingerprint density at radius 1 is 1.27 bits per heavy atom. The Morgan fingerprint density at radius 3 is 2.82 bits per heavy atom. The van der Waals surface area contributed by atoms with Gasteiger partial charge in [0.15, 0.2) is 11.5 Å². The van der Waals surface area contributed by atoms with Crippen LogP contribution in [0.3, 0.4) is 0 Å². The molecule has 0 saturated heterocycles. The second-order valence-electron chi connectivity index (χ2n) is 4.93. The fourth-order valence-corrected chi connectivity index (χ4v) is 2.47. The number of hydrogen-bond donors (Lipinski definition) is 0. The van der Waals surface area contributed by atoms with E-state index in [9.17, 15) is 9.18 Å². The molecule has 0 unspecified atom stereocenters. The Morgan fingerprint density at radius 2 is 2.05 bits per heavy atom. The maximum Gasteiger partial charge on any atom is 0.254 e. The fraction of sp³-hybridized carbons (Fsp3) is 0.188. The molecule has 2 aromatic carbocycles. The zero-order chi connectivity index (χ0) is 15.7. The molecule has 0 fully saturated rings. The van der Waals surface area contributed by atoms with E-state index in [0.717, 1.165) is 0 Å². The first-order valence-corrected chi connectivity index (χ1v) is 7.02. The van der Waals surface area contributed by atoms with Gasteiger partial charge in [0.2, 0.25) is 6.79 Å². The molecular formula is C16H13ClFNO3. The van der Waals surface area contributed by atoms with Gasteiger partial charge in [-0.05, 0) is 30.3 Å². The van der Waals surface area contributed by atoms with E-state index >= 15 is 0 Å². The maximum absolute atomic E-state index is 13.8. The van der Waals surface area contributed by atoms with Gasteiger partial charge in [0.1, 0.15) is 5.82 Å². The molecule has 22 heavy (non-hydrogen) atoms. The molecule has 6 heteroatoms. The number of halogens is 2. The second-order valence-corrected chi connectivity index (χ2v) is 5.34. The number of benzene rings is 2. The lowest BCUT2D eigenvalue weighted by atomic mass is 10.1. The lowest BCUT2D eigenvalue weighted by molar-refractivity contribution is 0.0783. The van der Waals surface area contributed by atoms with Gasteiger partial charge in [-0.25, -0.2) is 4.39 Å². The molecule has 0 N–H and O–H groups in total. The van der Waals surface area contributed by atoms with Crippen molar-refractivity contribution in [3.8, 4) is 11.5 Å². The Bertz CT molecular complexity index is 715. The van der Waals surface area contributed by atoms with Crippen LogP contribution in [0.5, 0.6) is 11.5 Å². The summed E-state index contributed by atoms with van der Waals surface area (Å²) in [6.45, 7) is 0.229. The van der Waals surface area contributed by atoms with Gasteiger partial charge in [-0.2, -0.15) is 0 Å².